The van der Waals surface area contributed by atoms with Gasteiger partial charge in [-0.1, -0.05) is 0 Å². The van der Waals surface area contributed by atoms with Crippen LogP contribution in [0.5, 0.6) is 0 Å². The van der Waals surface area contributed by atoms with Crippen molar-refractivity contribution in [2.45, 2.75) is 0 Å². The second kappa shape index (κ2) is 5.29. The van der Waals surface area contributed by atoms with E-state index in [-0.39, 0.29) is 11.0 Å². The summed E-state index contributed by atoms with van der Waals surface area (Å²) >= 11 is 0. The third kappa shape index (κ3) is 9.47. The molecule has 0 aliphatic rings. The van der Waals surface area contributed by atoms with Gasteiger partial charge in [0.15, 0.2) is 0 Å². The van der Waals surface area contributed by atoms with Crippen LogP contribution in [-0.4, -0.2) is 25.6 Å². The molecule has 0 aromatic carbocycles. The molecule has 0 rings (SSSR count). The number of hydrogen-bond donors (Lipinski definition) is 0. The second-order valence-corrected chi connectivity index (χ2v) is 0.713. The van der Waals surface area contributed by atoms with Crippen molar-refractivity contribution in [3.8, 4) is 0 Å². The predicted molar refractivity (Wildman–Crippen MR) is 18.3 cm³/mol. The van der Waals surface area contributed by atoms with E-state index < -0.39 is 14.6 Å². The minimum Gasteiger partial charge on any atom is -0.872 e. The average molecular weight is 130 g/mol. The molecule has 0 saturated carbocycles. The molecular weight excluding hydrogens is 130 g/mol. The molecule has 0 aromatic rings. The van der Waals surface area contributed by atoms with Crippen LogP contribution < -0.4 is 20.1 Å². The molecule has 0 radical (unpaired) electrons. The minimum atomic E-state index is -2.75. The van der Waals surface area contributed by atoms with Crippen LogP contribution >= 0.6 is 0 Å². The van der Waals surface area contributed by atoms with Gasteiger partial charge in [0, 0.05) is 14.6 Å². The Morgan fingerprint density at radius 1 is 0.875 bits per heavy atom. The maximum absolute atomic E-state index is 9.16. The van der Waals surface area contributed by atoms with Gasteiger partial charge in [0.25, 0.3) is 0 Å². The van der Waals surface area contributed by atoms with Gasteiger partial charge in [-0.05, 0) is 0 Å². The molecule has 40 valence electrons. The Kier molecular flexibility index (Phi) is 7.28. The summed E-state index contributed by atoms with van der Waals surface area (Å²) in [6.07, 6.45) is 0. The first-order chi connectivity index (χ1) is 3.13. The van der Waals surface area contributed by atoms with Crippen LogP contribution in [0.15, 0.2) is 0 Å². The van der Waals surface area contributed by atoms with E-state index in [1.807, 2.05) is 0 Å². The molecule has 0 aliphatic heterocycles. The van der Waals surface area contributed by atoms with Crippen molar-refractivity contribution in [1.82, 2.24) is 0 Å². The fraction of sp³-hybridized carbons (Fsp3) is 0. The van der Waals surface area contributed by atoms with Crippen molar-refractivity contribution in [2.75, 3.05) is 0 Å². The molecule has 0 unspecified atom stereocenters. The van der Waals surface area contributed by atoms with Gasteiger partial charge in [-0.25, -0.2) is 0 Å². The normalized spacial score (nSPS) is 7.50. The summed E-state index contributed by atoms with van der Waals surface area (Å²) in [6.45, 7) is 0. The van der Waals surface area contributed by atoms with Crippen LogP contribution in [-0.2, 0) is 4.57 Å². The van der Waals surface area contributed by atoms with Gasteiger partial charge >= 0.3 is 11.0 Å². The van der Waals surface area contributed by atoms with Gasteiger partial charge in [-0.3, -0.25) is 0 Å². The van der Waals surface area contributed by atoms with Gasteiger partial charge in [0.1, 0.15) is 0 Å². The predicted octanol–water partition coefficient (Wildman–Crippen LogP) is -5.97. The fourth-order valence-electron chi connectivity index (χ4n) is 0.0907. The Bertz CT molecular complexity index is 39.7. The summed E-state index contributed by atoms with van der Waals surface area (Å²) in [7, 11) is -5.50. The molecule has 5 nitrogen and oxygen atoms in total. The van der Waals surface area contributed by atoms with Crippen molar-refractivity contribution >= 4 is 25.6 Å². The zero-order chi connectivity index (χ0) is 5.86. The van der Waals surface area contributed by atoms with Crippen molar-refractivity contribution in [3.05, 3.63) is 0 Å². The maximum atomic E-state index is 9.16. The van der Waals surface area contributed by atoms with E-state index in [2.05, 4.69) is 4.57 Å². The molecule has 8 heavy (non-hydrogen) atoms. The summed E-state index contributed by atoms with van der Waals surface area (Å²) in [5.41, 5.74) is 0. The molecule has 0 heterocycles. The van der Waals surface area contributed by atoms with Crippen LogP contribution in [0.1, 0.15) is 0 Å². The van der Waals surface area contributed by atoms with Crippen LogP contribution in [0.4, 0.5) is 0 Å². The Morgan fingerprint density at radius 2 is 1.12 bits per heavy atom. The Morgan fingerprint density at radius 3 is 1.12 bits per heavy atom. The average Bonchev–Trinajstić information content (AvgIpc) is 1.27. The van der Waals surface area contributed by atoms with E-state index in [0.717, 1.165) is 0 Å². The minimum absolute atomic E-state index is 0. The molecule has 0 aromatic heterocycles. The van der Waals surface area contributed by atoms with Crippen molar-refractivity contribution in [1.29, 1.82) is 0 Å². The Labute approximate surface area is 51.3 Å². The third-order valence-electron chi connectivity index (χ3n) is 0.222. The van der Waals surface area contributed by atoms with E-state index in [4.69, 9.17) is 20.1 Å². The summed E-state index contributed by atoms with van der Waals surface area (Å²) < 4.78 is 3.03. The van der Waals surface area contributed by atoms with Crippen molar-refractivity contribution < 1.29 is 24.7 Å². The van der Waals surface area contributed by atoms with Crippen LogP contribution in [0.25, 0.3) is 0 Å². The van der Waals surface area contributed by atoms with Gasteiger partial charge in [-0.2, -0.15) is 0 Å². The number of rotatable bonds is 2. The molecule has 0 aliphatic carbocycles. The molecule has 0 amide bonds. The first-order valence-electron chi connectivity index (χ1n) is 1.41. The van der Waals surface area contributed by atoms with Gasteiger partial charge in [0.05, 0.1) is 0 Å². The monoisotopic (exact) mass is 130 g/mol. The molecule has 0 N–H and O–H groups in total. The van der Waals surface area contributed by atoms with Gasteiger partial charge in [0.2, 0.25) is 0 Å². The molecule has 0 spiro atoms. The molecule has 0 saturated heterocycles. The molecule has 8 heteroatoms. The maximum Gasteiger partial charge on any atom is 4.00 e. The Balaban J connectivity index is 0. The van der Waals surface area contributed by atoms with E-state index in [9.17, 15) is 0 Å². The SMILES string of the molecule is [O-]B([O-])OB([O-])[O-].[Si+4]. The quantitative estimate of drug-likeness (QED) is 0.346. The Hall–Kier alpha value is 0.147. The summed E-state index contributed by atoms with van der Waals surface area (Å²) in [5.74, 6) is 0. The summed E-state index contributed by atoms with van der Waals surface area (Å²) in [6, 6.07) is 0. The van der Waals surface area contributed by atoms with Crippen molar-refractivity contribution in [2.24, 2.45) is 0 Å². The zero-order valence-electron chi connectivity index (χ0n) is 3.70. The molecule has 0 bridgehead atoms. The van der Waals surface area contributed by atoms with Gasteiger partial charge < -0.3 is 24.7 Å². The van der Waals surface area contributed by atoms with Crippen LogP contribution in [0, 0.1) is 0 Å². The molecular formula is B2O5Si. The zero-order valence-corrected chi connectivity index (χ0v) is 4.70. The van der Waals surface area contributed by atoms with Gasteiger partial charge in [-0.15, -0.1) is 0 Å². The molecule has 0 atom stereocenters. The molecule has 0 fully saturated rings. The van der Waals surface area contributed by atoms with E-state index >= 15 is 0 Å². The first kappa shape index (κ1) is 11.0. The van der Waals surface area contributed by atoms with Crippen LogP contribution in [0.3, 0.4) is 0 Å². The van der Waals surface area contributed by atoms with E-state index in [1.165, 1.54) is 0 Å². The fourth-order valence-corrected chi connectivity index (χ4v) is 0.0907. The van der Waals surface area contributed by atoms with Crippen molar-refractivity contribution in [3.63, 3.8) is 0 Å². The number of hydrogen-bond acceptors (Lipinski definition) is 5. The first-order valence-corrected chi connectivity index (χ1v) is 1.41. The topological polar surface area (TPSA) is 101 Å². The van der Waals surface area contributed by atoms with E-state index in [0.29, 0.717) is 0 Å². The smallest absolute Gasteiger partial charge is 0.872 e. The standard InChI is InChI=1S/B2O5.Si/c3-1(4)7-2(5)6;/q-4;+4. The van der Waals surface area contributed by atoms with E-state index in [1.54, 1.807) is 0 Å². The third-order valence-corrected chi connectivity index (χ3v) is 0.222. The second-order valence-electron chi connectivity index (χ2n) is 0.713. The van der Waals surface area contributed by atoms with Crippen LogP contribution in [0.2, 0.25) is 0 Å². The summed E-state index contributed by atoms with van der Waals surface area (Å²) in [5, 5.41) is 36.6. The summed E-state index contributed by atoms with van der Waals surface area (Å²) in [4.78, 5) is 0. The largest absolute Gasteiger partial charge is 4.00 e.